The third-order valence-corrected chi connectivity index (χ3v) is 2.01. The average molecular weight is 214 g/mol. The van der Waals surface area contributed by atoms with Crippen LogP contribution in [0.15, 0.2) is 16.6 Å². The molecule has 0 spiro atoms. The van der Waals surface area contributed by atoms with E-state index in [9.17, 15) is 13.2 Å². The monoisotopic (exact) mass is 213 g/mol. The fourth-order valence-electron chi connectivity index (χ4n) is 0.947. The fourth-order valence-corrected chi connectivity index (χ4v) is 1.20. The van der Waals surface area contributed by atoms with Crippen LogP contribution in [0, 0.1) is 0 Å². The average Bonchev–Trinajstić information content (AvgIpc) is 2.02. The summed E-state index contributed by atoms with van der Waals surface area (Å²) in [6, 6.07) is -1.77. The van der Waals surface area contributed by atoms with Gasteiger partial charge in [-0.3, -0.25) is 4.99 Å². The lowest BCUT2D eigenvalue weighted by atomic mass is 10.1. The van der Waals surface area contributed by atoms with Crippen LogP contribution in [0.5, 0.6) is 0 Å². The third kappa shape index (κ3) is 2.45. The molecular weight excluding hydrogens is 207 g/mol. The van der Waals surface area contributed by atoms with Crippen LogP contribution in [0.1, 0.15) is 6.42 Å². The van der Waals surface area contributed by atoms with Crippen molar-refractivity contribution in [3.05, 3.63) is 11.6 Å². The number of hydrogen-bond donors (Lipinski definition) is 1. The van der Waals surface area contributed by atoms with Gasteiger partial charge < -0.3 is 5.11 Å². The van der Waals surface area contributed by atoms with Crippen molar-refractivity contribution in [2.75, 3.05) is 6.61 Å². The molecular formula is C7H7ClF3NO. The summed E-state index contributed by atoms with van der Waals surface area (Å²) in [6.07, 6.45) is -3.36. The van der Waals surface area contributed by atoms with Crippen LogP contribution in [-0.4, -0.2) is 29.1 Å². The summed E-state index contributed by atoms with van der Waals surface area (Å²) in [5.41, 5.74) is 0.252. The van der Waals surface area contributed by atoms with E-state index in [1.165, 1.54) is 6.08 Å². The quantitative estimate of drug-likeness (QED) is 0.709. The van der Waals surface area contributed by atoms with E-state index in [2.05, 4.69) is 4.99 Å². The highest BCUT2D eigenvalue weighted by Gasteiger charge is 2.40. The largest absolute Gasteiger partial charge is 0.411 e. The normalized spacial score (nSPS) is 23.9. The Morgan fingerprint density at radius 2 is 2.23 bits per heavy atom. The van der Waals surface area contributed by atoms with Gasteiger partial charge in [0.1, 0.15) is 5.17 Å². The minimum absolute atomic E-state index is 0.252. The van der Waals surface area contributed by atoms with Crippen molar-refractivity contribution in [2.24, 2.45) is 4.99 Å². The first-order valence-electron chi connectivity index (χ1n) is 3.55. The molecule has 1 atom stereocenters. The summed E-state index contributed by atoms with van der Waals surface area (Å²) in [6.45, 7) is -0.382. The van der Waals surface area contributed by atoms with E-state index in [0.29, 0.717) is 0 Å². The number of rotatable bonds is 1. The molecule has 0 aromatic rings. The molecule has 6 heteroatoms. The van der Waals surface area contributed by atoms with Gasteiger partial charge >= 0.3 is 6.18 Å². The standard InChI is InChI=1S/C7H7ClF3NO/c8-6-4(3-13)1-2-5(12-6)7(9,10)11/h1,5,13H,2-3H2. The zero-order chi connectivity index (χ0) is 10.1. The Balaban J connectivity index is 2.78. The van der Waals surface area contributed by atoms with E-state index in [-0.39, 0.29) is 23.8 Å². The first kappa shape index (κ1) is 10.5. The van der Waals surface area contributed by atoms with Crippen LogP contribution in [0.25, 0.3) is 0 Å². The van der Waals surface area contributed by atoms with E-state index in [1.807, 2.05) is 0 Å². The number of halogens is 4. The number of aliphatic hydroxyl groups excluding tert-OH is 1. The van der Waals surface area contributed by atoms with Crippen LogP contribution in [0.4, 0.5) is 13.2 Å². The molecule has 2 nitrogen and oxygen atoms in total. The molecule has 1 aliphatic rings. The van der Waals surface area contributed by atoms with Gasteiger partial charge in [-0.15, -0.1) is 0 Å². The maximum atomic E-state index is 12.1. The van der Waals surface area contributed by atoms with Crippen LogP contribution < -0.4 is 0 Å². The third-order valence-electron chi connectivity index (χ3n) is 1.67. The molecule has 1 aliphatic heterocycles. The number of nitrogens with zero attached hydrogens (tertiary/aromatic N) is 1. The van der Waals surface area contributed by atoms with Crippen molar-refractivity contribution in [1.82, 2.24) is 0 Å². The molecule has 0 radical (unpaired) electrons. The van der Waals surface area contributed by atoms with E-state index in [0.717, 1.165) is 0 Å². The maximum absolute atomic E-state index is 12.1. The van der Waals surface area contributed by atoms with Crippen molar-refractivity contribution in [1.29, 1.82) is 0 Å². The van der Waals surface area contributed by atoms with Gasteiger partial charge in [-0.2, -0.15) is 13.2 Å². The molecule has 0 aromatic carbocycles. The van der Waals surface area contributed by atoms with E-state index in [4.69, 9.17) is 16.7 Å². The van der Waals surface area contributed by atoms with Crippen LogP contribution in [0.3, 0.4) is 0 Å². The number of dihydropyridines is 1. The molecule has 1 unspecified atom stereocenters. The first-order chi connectivity index (χ1) is 5.95. The van der Waals surface area contributed by atoms with E-state index in [1.54, 1.807) is 0 Å². The van der Waals surface area contributed by atoms with Crippen LogP contribution >= 0.6 is 11.6 Å². The van der Waals surface area contributed by atoms with Gasteiger partial charge in [0.15, 0.2) is 6.04 Å². The molecule has 74 valence electrons. The van der Waals surface area contributed by atoms with Gasteiger partial charge in [0, 0.05) is 5.57 Å². The zero-order valence-corrected chi connectivity index (χ0v) is 7.23. The van der Waals surface area contributed by atoms with E-state index < -0.39 is 12.2 Å². The summed E-state index contributed by atoms with van der Waals surface area (Å²) in [7, 11) is 0. The molecule has 0 amide bonds. The Bertz CT molecular complexity index is 259. The molecule has 1 N–H and O–H groups in total. The summed E-state index contributed by atoms with van der Waals surface area (Å²) in [4.78, 5) is 3.23. The van der Waals surface area contributed by atoms with Gasteiger partial charge in [0.05, 0.1) is 6.61 Å². The second-order valence-corrected chi connectivity index (χ2v) is 2.96. The predicted molar refractivity (Wildman–Crippen MR) is 42.9 cm³/mol. The predicted octanol–water partition coefficient (Wildman–Crippen LogP) is 1.88. The van der Waals surface area contributed by atoms with Crippen molar-refractivity contribution in [3.63, 3.8) is 0 Å². The Kier molecular flexibility index (Phi) is 2.98. The molecule has 0 saturated carbocycles. The smallest absolute Gasteiger partial charge is 0.392 e. The molecule has 1 heterocycles. The van der Waals surface area contributed by atoms with Crippen molar-refractivity contribution < 1.29 is 18.3 Å². The Hall–Kier alpha value is -0.550. The number of aliphatic imine (C=N–C) groups is 1. The highest BCUT2D eigenvalue weighted by Crippen LogP contribution is 2.29. The van der Waals surface area contributed by atoms with Crippen LogP contribution in [0.2, 0.25) is 0 Å². The molecule has 0 saturated heterocycles. The second-order valence-electron chi connectivity index (χ2n) is 2.60. The fraction of sp³-hybridized carbons (Fsp3) is 0.571. The Morgan fingerprint density at radius 1 is 1.62 bits per heavy atom. The van der Waals surface area contributed by atoms with Crippen molar-refractivity contribution in [2.45, 2.75) is 18.6 Å². The molecule has 0 aliphatic carbocycles. The lowest BCUT2D eigenvalue weighted by Gasteiger charge is -2.19. The molecule has 1 rings (SSSR count). The minimum atomic E-state index is -4.36. The molecule has 0 aromatic heterocycles. The second kappa shape index (κ2) is 3.67. The Morgan fingerprint density at radius 3 is 2.62 bits per heavy atom. The zero-order valence-electron chi connectivity index (χ0n) is 6.48. The van der Waals surface area contributed by atoms with Gasteiger partial charge in [0.2, 0.25) is 0 Å². The van der Waals surface area contributed by atoms with Gasteiger partial charge in [-0.25, -0.2) is 0 Å². The SMILES string of the molecule is OCC1=CCC(C(F)(F)F)N=C1Cl. The highest BCUT2D eigenvalue weighted by atomic mass is 35.5. The lowest BCUT2D eigenvalue weighted by Crippen LogP contribution is -2.29. The molecule has 13 heavy (non-hydrogen) atoms. The van der Waals surface area contributed by atoms with Crippen LogP contribution in [-0.2, 0) is 0 Å². The minimum Gasteiger partial charge on any atom is -0.392 e. The summed E-state index contributed by atoms with van der Waals surface area (Å²) >= 11 is 5.41. The maximum Gasteiger partial charge on any atom is 0.411 e. The van der Waals surface area contributed by atoms with Crippen molar-refractivity contribution in [3.8, 4) is 0 Å². The van der Waals surface area contributed by atoms with Gasteiger partial charge in [-0.1, -0.05) is 17.7 Å². The summed E-state index contributed by atoms with van der Waals surface area (Å²) in [5, 5.41) is 8.38. The number of alkyl halides is 3. The highest BCUT2D eigenvalue weighted by molar-refractivity contribution is 6.69. The van der Waals surface area contributed by atoms with Crippen molar-refractivity contribution >= 4 is 16.8 Å². The Labute approximate surface area is 77.7 Å². The lowest BCUT2D eigenvalue weighted by molar-refractivity contribution is -0.146. The number of aliphatic hydroxyl groups is 1. The molecule has 0 bridgehead atoms. The summed E-state index contributed by atoms with van der Waals surface area (Å²) < 4.78 is 36.3. The van der Waals surface area contributed by atoms with Gasteiger partial charge in [0.25, 0.3) is 0 Å². The number of hydrogen-bond acceptors (Lipinski definition) is 2. The molecule has 0 fully saturated rings. The van der Waals surface area contributed by atoms with Gasteiger partial charge in [-0.05, 0) is 6.42 Å². The topological polar surface area (TPSA) is 32.6 Å². The summed E-state index contributed by atoms with van der Waals surface area (Å²) in [5.74, 6) is 0. The first-order valence-corrected chi connectivity index (χ1v) is 3.93. The van der Waals surface area contributed by atoms with E-state index >= 15 is 0 Å².